The number of hydrogen-bond acceptors (Lipinski definition) is 4. The Kier molecular flexibility index (Phi) is 5.04. The van der Waals surface area contributed by atoms with E-state index in [-0.39, 0.29) is 29.7 Å². The van der Waals surface area contributed by atoms with Crippen LogP contribution in [0.2, 0.25) is 0 Å². The normalized spacial score (nSPS) is 28.2. The van der Waals surface area contributed by atoms with Gasteiger partial charge in [0.05, 0.1) is 17.6 Å². The first-order valence-corrected chi connectivity index (χ1v) is 8.81. The van der Waals surface area contributed by atoms with E-state index in [1.54, 1.807) is 11.0 Å². The van der Waals surface area contributed by atoms with Crippen LogP contribution in [0.25, 0.3) is 0 Å². The van der Waals surface area contributed by atoms with Crippen LogP contribution in [-0.2, 0) is 14.6 Å². The fraction of sp³-hybridized carbons (Fsp3) is 0.769. The molecule has 0 aromatic rings. The summed E-state index contributed by atoms with van der Waals surface area (Å²) in [7, 11) is -3.01. The third-order valence-electron chi connectivity index (χ3n) is 3.73. The van der Waals surface area contributed by atoms with Gasteiger partial charge in [0.25, 0.3) is 0 Å². The Labute approximate surface area is 120 Å². The number of ether oxygens (including phenoxy) is 1. The highest BCUT2D eigenvalue weighted by molar-refractivity contribution is 7.91. The Morgan fingerprint density at radius 3 is 2.80 bits per heavy atom. The molecular formula is C13H22N2O4S. The van der Waals surface area contributed by atoms with Crippen molar-refractivity contribution in [2.45, 2.75) is 31.4 Å². The quantitative estimate of drug-likeness (QED) is 0.753. The van der Waals surface area contributed by atoms with Crippen molar-refractivity contribution in [1.29, 1.82) is 0 Å². The zero-order valence-corrected chi connectivity index (χ0v) is 12.4. The third-order valence-corrected chi connectivity index (χ3v) is 5.48. The summed E-state index contributed by atoms with van der Waals surface area (Å²) in [5, 5.41) is 2.73. The summed E-state index contributed by atoms with van der Waals surface area (Å²) in [6.07, 6.45) is 4.05. The lowest BCUT2D eigenvalue weighted by molar-refractivity contribution is 0.0724. The number of nitrogens with zero attached hydrogens (tertiary/aromatic N) is 1. The van der Waals surface area contributed by atoms with Gasteiger partial charge in [-0.05, 0) is 19.3 Å². The Bertz CT molecular complexity index is 457. The maximum absolute atomic E-state index is 12.2. The minimum absolute atomic E-state index is 0.0211. The maximum atomic E-state index is 12.2. The van der Waals surface area contributed by atoms with Gasteiger partial charge < -0.3 is 15.0 Å². The molecule has 2 heterocycles. The first kappa shape index (κ1) is 15.3. The molecule has 20 heavy (non-hydrogen) atoms. The maximum Gasteiger partial charge on any atom is 0.318 e. The van der Waals surface area contributed by atoms with Crippen molar-refractivity contribution < 1.29 is 17.9 Å². The van der Waals surface area contributed by atoms with Crippen LogP contribution in [0, 0.1) is 0 Å². The van der Waals surface area contributed by atoms with E-state index in [9.17, 15) is 13.2 Å². The molecule has 6 nitrogen and oxygen atoms in total. The molecule has 0 aliphatic carbocycles. The monoisotopic (exact) mass is 302 g/mol. The Morgan fingerprint density at radius 1 is 1.45 bits per heavy atom. The minimum atomic E-state index is -3.01. The van der Waals surface area contributed by atoms with Gasteiger partial charge in [0.15, 0.2) is 9.84 Å². The number of carbonyl (C=O) groups excluding carboxylic acids is 1. The smallest absolute Gasteiger partial charge is 0.318 e. The highest BCUT2D eigenvalue weighted by Crippen LogP contribution is 2.21. The Hall–Kier alpha value is -1.08. The zero-order valence-electron chi connectivity index (χ0n) is 11.6. The molecule has 2 amide bonds. The van der Waals surface area contributed by atoms with E-state index in [1.807, 2.05) is 0 Å². The van der Waals surface area contributed by atoms with Gasteiger partial charge >= 0.3 is 6.03 Å². The van der Waals surface area contributed by atoms with Gasteiger partial charge in [-0.15, -0.1) is 6.58 Å². The van der Waals surface area contributed by atoms with Crippen LogP contribution in [0.3, 0.4) is 0 Å². The topological polar surface area (TPSA) is 75.7 Å². The predicted molar refractivity (Wildman–Crippen MR) is 76.3 cm³/mol. The molecule has 0 radical (unpaired) electrons. The molecule has 0 unspecified atom stereocenters. The average molecular weight is 302 g/mol. The van der Waals surface area contributed by atoms with E-state index in [0.717, 1.165) is 19.4 Å². The lowest BCUT2D eigenvalue weighted by Gasteiger charge is -2.30. The molecule has 1 N–H and O–H groups in total. The molecule has 0 bridgehead atoms. The van der Waals surface area contributed by atoms with Crippen LogP contribution in [-0.4, -0.2) is 62.7 Å². The molecule has 2 fully saturated rings. The SMILES string of the molecule is C=CCNC(=O)N(C[C@H]1CCCO1)[C@H]1CCS(=O)(=O)C1. The van der Waals surface area contributed by atoms with Crippen LogP contribution in [0.5, 0.6) is 0 Å². The predicted octanol–water partition coefficient (Wildman–Crippen LogP) is 0.550. The molecule has 0 spiro atoms. The third kappa shape index (κ3) is 3.96. The largest absolute Gasteiger partial charge is 0.376 e. The molecule has 0 saturated carbocycles. The summed E-state index contributed by atoms with van der Waals surface area (Å²) >= 11 is 0. The number of sulfone groups is 1. The lowest BCUT2D eigenvalue weighted by Crippen LogP contribution is -2.49. The molecule has 2 aliphatic heterocycles. The summed E-state index contributed by atoms with van der Waals surface area (Å²) in [5.74, 6) is 0.218. The average Bonchev–Trinajstić information content (AvgIpc) is 3.02. The fourth-order valence-electron chi connectivity index (χ4n) is 2.69. The number of carbonyl (C=O) groups is 1. The van der Waals surface area contributed by atoms with E-state index in [2.05, 4.69) is 11.9 Å². The number of rotatable bonds is 5. The standard InChI is InChI=1S/C13H22N2O4S/c1-2-6-14-13(16)15(9-12-4-3-7-19-12)11-5-8-20(17,18)10-11/h2,11-12H,1,3-10H2,(H,14,16)/t11-,12+/m0/s1. The zero-order chi connectivity index (χ0) is 14.6. The van der Waals surface area contributed by atoms with E-state index < -0.39 is 9.84 Å². The van der Waals surface area contributed by atoms with Crippen molar-refractivity contribution in [2.75, 3.05) is 31.2 Å². The summed E-state index contributed by atoms with van der Waals surface area (Å²) < 4.78 is 28.8. The van der Waals surface area contributed by atoms with Crippen molar-refractivity contribution in [1.82, 2.24) is 10.2 Å². The molecule has 7 heteroatoms. The number of nitrogens with one attached hydrogen (secondary N) is 1. The summed E-state index contributed by atoms with van der Waals surface area (Å²) in [6.45, 7) is 5.12. The van der Waals surface area contributed by atoms with Crippen molar-refractivity contribution in [2.24, 2.45) is 0 Å². The van der Waals surface area contributed by atoms with Crippen molar-refractivity contribution in [3.05, 3.63) is 12.7 Å². The summed E-state index contributed by atoms with van der Waals surface area (Å²) in [4.78, 5) is 13.8. The van der Waals surface area contributed by atoms with Crippen LogP contribution >= 0.6 is 0 Å². The molecule has 2 aliphatic rings. The molecule has 0 aromatic heterocycles. The second kappa shape index (κ2) is 6.58. The van der Waals surface area contributed by atoms with Crippen molar-refractivity contribution in [3.63, 3.8) is 0 Å². The van der Waals surface area contributed by atoms with Crippen LogP contribution < -0.4 is 5.32 Å². The molecular weight excluding hydrogens is 280 g/mol. The fourth-order valence-corrected chi connectivity index (χ4v) is 4.42. The molecule has 2 atom stereocenters. The van der Waals surface area contributed by atoms with Gasteiger partial charge in [0, 0.05) is 25.7 Å². The van der Waals surface area contributed by atoms with Gasteiger partial charge in [-0.25, -0.2) is 13.2 Å². The molecule has 2 saturated heterocycles. The Balaban J connectivity index is 2.02. The minimum Gasteiger partial charge on any atom is -0.376 e. The second-order valence-corrected chi connectivity index (χ2v) is 7.55. The van der Waals surface area contributed by atoms with E-state index >= 15 is 0 Å². The van der Waals surface area contributed by atoms with E-state index in [4.69, 9.17) is 4.74 Å². The first-order valence-electron chi connectivity index (χ1n) is 6.99. The van der Waals surface area contributed by atoms with Gasteiger partial charge in [0.1, 0.15) is 0 Å². The Morgan fingerprint density at radius 2 is 2.25 bits per heavy atom. The number of urea groups is 1. The molecule has 2 rings (SSSR count). The van der Waals surface area contributed by atoms with Gasteiger partial charge in [-0.3, -0.25) is 0 Å². The molecule has 0 aromatic carbocycles. The van der Waals surface area contributed by atoms with Gasteiger partial charge in [-0.2, -0.15) is 0 Å². The molecule has 114 valence electrons. The van der Waals surface area contributed by atoms with Gasteiger partial charge in [0.2, 0.25) is 0 Å². The van der Waals surface area contributed by atoms with E-state index in [1.165, 1.54) is 0 Å². The van der Waals surface area contributed by atoms with Crippen LogP contribution in [0.15, 0.2) is 12.7 Å². The van der Waals surface area contributed by atoms with Crippen molar-refractivity contribution >= 4 is 15.9 Å². The summed E-state index contributed by atoms with van der Waals surface area (Å²) in [6, 6.07) is -0.475. The number of hydrogen-bond donors (Lipinski definition) is 1. The summed E-state index contributed by atoms with van der Waals surface area (Å²) in [5.41, 5.74) is 0. The van der Waals surface area contributed by atoms with E-state index in [0.29, 0.717) is 19.5 Å². The van der Waals surface area contributed by atoms with Crippen LogP contribution in [0.1, 0.15) is 19.3 Å². The highest BCUT2D eigenvalue weighted by Gasteiger charge is 2.36. The number of amides is 2. The second-order valence-electron chi connectivity index (χ2n) is 5.32. The van der Waals surface area contributed by atoms with Crippen molar-refractivity contribution in [3.8, 4) is 0 Å². The first-order chi connectivity index (χ1) is 9.52. The van der Waals surface area contributed by atoms with Gasteiger partial charge in [-0.1, -0.05) is 6.08 Å². The van der Waals surface area contributed by atoms with Crippen LogP contribution in [0.4, 0.5) is 4.79 Å². The lowest BCUT2D eigenvalue weighted by atomic mass is 10.2. The highest BCUT2D eigenvalue weighted by atomic mass is 32.2.